The zero-order valence-electron chi connectivity index (χ0n) is 9.75. The molecule has 3 aromatic rings. The van der Waals surface area contributed by atoms with Gasteiger partial charge in [-0.1, -0.05) is 17.3 Å². The molecule has 5 nitrogen and oxygen atoms in total. The van der Waals surface area contributed by atoms with Crippen LogP contribution in [0.2, 0.25) is 0 Å². The second kappa shape index (κ2) is 4.49. The first kappa shape index (κ1) is 11.3. The van der Waals surface area contributed by atoms with E-state index in [1.54, 1.807) is 12.1 Å². The minimum absolute atomic E-state index is 0.221. The van der Waals surface area contributed by atoms with Gasteiger partial charge in [0.25, 0.3) is 5.89 Å². The van der Waals surface area contributed by atoms with Gasteiger partial charge < -0.3 is 10.3 Å². The maximum absolute atomic E-state index is 12.8. The van der Waals surface area contributed by atoms with E-state index < -0.39 is 5.82 Å². The number of hydrogen-bond donors (Lipinski definition) is 1. The molecule has 6 heteroatoms. The van der Waals surface area contributed by atoms with E-state index in [0.29, 0.717) is 22.8 Å². The van der Waals surface area contributed by atoms with Crippen molar-refractivity contribution in [2.45, 2.75) is 0 Å². The molecule has 0 spiro atoms. The van der Waals surface area contributed by atoms with Gasteiger partial charge in [-0.3, -0.25) is 0 Å². The van der Waals surface area contributed by atoms with Crippen LogP contribution in [-0.4, -0.2) is 15.1 Å². The Balaban J connectivity index is 2.00. The highest BCUT2D eigenvalue weighted by Crippen LogP contribution is 2.25. The number of rotatable bonds is 2. The number of hydrogen-bond acceptors (Lipinski definition) is 5. The molecule has 2 aromatic heterocycles. The van der Waals surface area contributed by atoms with Crippen LogP contribution in [-0.2, 0) is 0 Å². The van der Waals surface area contributed by atoms with E-state index in [9.17, 15) is 4.39 Å². The number of anilines is 1. The molecular weight excluding hydrogens is 247 g/mol. The van der Waals surface area contributed by atoms with Gasteiger partial charge in [0.15, 0.2) is 0 Å². The van der Waals surface area contributed by atoms with Crippen molar-refractivity contribution in [2.24, 2.45) is 0 Å². The fourth-order valence-electron chi connectivity index (χ4n) is 1.64. The summed E-state index contributed by atoms with van der Waals surface area (Å²) >= 11 is 0. The van der Waals surface area contributed by atoms with Crippen LogP contribution in [0.4, 0.5) is 10.1 Å². The Morgan fingerprint density at radius 2 is 1.95 bits per heavy atom. The Kier molecular flexibility index (Phi) is 2.68. The predicted molar refractivity (Wildman–Crippen MR) is 67.3 cm³/mol. The lowest BCUT2D eigenvalue weighted by atomic mass is 10.2. The third kappa shape index (κ3) is 2.15. The molecule has 0 amide bonds. The largest absolute Gasteiger partial charge is 0.398 e. The molecule has 1 aromatic carbocycles. The summed E-state index contributed by atoms with van der Waals surface area (Å²) in [6.45, 7) is 0. The van der Waals surface area contributed by atoms with Gasteiger partial charge in [0, 0.05) is 11.3 Å². The first-order valence-corrected chi connectivity index (χ1v) is 5.54. The maximum Gasteiger partial charge on any atom is 0.276 e. The Labute approximate surface area is 107 Å². The molecule has 0 aliphatic rings. The predicted octanol–water partition coefficient (Wildman–Crippen LogP) is 2.52. The van der Waals surface area contributed by atoms with Gasteiger partial charge in [-0.05, 0) is 24.3 Å². The molecule has 0 aliphatic carbocycles. The van der Waals surface area contributed by atoms with Gasteiger partial charge in [-0.25, -0.2) is 9.37 Å². The van der Waals surface area contributed by atoms with Gasteiger partial charge in [0.2, 0.25) is 5.82 Å². The summed E-state index contributed by atoms with van der Waals surface area (Å²) in [6, 6.07) is 9.95. The van der Waals surface area contributed by atoms with Crippen LogP contribution in [0.1, 0.15) is 0 Å². The Morgan fingerprint density at radius 3 is 2.68 bits per heavy atom. The van der Waals surface area contributed by atoms with E-state index in [-0.39, 0.29) is 5.89 Å². The summed E-state index contributed by atoms with van der Waals surface area (Å²) in [5.41, 5.74) is 7.48. The van der Waals surface area contributed by atoms with Crippen molar-refractivity contribution in [3.8, 4) is 23.0 Å². The molecule has 0 saturated heterocycles. The molecule has 0 bridgehead atoms. The van der Waals surface area contributed by atoms with Crippen molar-refractivity contribution in [1.29, 1.82) is 0 Å². The number of para-hydroxylation sites is 1. The van der Waals surface area contributed by atoms with Gasteiger partial charge in [-0.15, -0.1) is 0 Å². The second-order valence-electron chi connectivity index (χ2n) is 3.87. The zero-order valence-corrected chi connectivity index (χ0v) is 9.75. The normalized spacial score (nSPS) is 10.6. The van der Waals surface area contributed by atoms with Gasteiger partial charge in [0.1, 0.15) is 11.5 Å². The average molecular weight is 256 g/mol. The molecule has 0 radical (unpaired) electrons. The molecule has 0 saturated carbocycles. The van der Waals surface area contributed by atoms with Gasteiger partial charge in [0.05, 0.1) is 6.20 Å². The minimum Gasteiger partial charge on any atom is -0.398 e. The number of halogens is 1. The SMILES string of the molecule is Nc1ccccc1-c1noc(-c2ccc(F)cn2)n1. The van der Waals surface area contributed by atoms with Crippen molar-refractivity contribution in [3.05, 3.63) is 48.4 Å². The Bertz CT molecular complexity index is 709. The summed E-state index contributed by atoms with van der Waals surface area (Å²) in [6.07, 6.45) is 1.09. The third-order valence-electron chi connectivity index (χ3n) is 2.57. The number of nitrogens with two attached hydrogens (primary N) is 1. The fraction of sp³-hybridized carbons (Fsp3) is 0. The Hall–Kier alpha value is -2.76. The van der Waals surface area contributed by atoms with Crippen LogP contribution in [0.25, 0.3) is 23.0 Å². The van der Waals surface area contributed by atoms with Crippen LogP contribution in [0.3, 0.4) is 0 Å². The van der Waals surface area contributed by atoms with E-state index in [4.69, 9.17) is 10.3 Å². The van der Waals surface area contributed by atoms with Crippen LogP contribution in [0.5, 0.6) is 0 Å². The maximum atomic E-state index is 12.8. The van der Waals surface area contributed by atoms with Crippen molar-refractivity contribution in [3.63, 3.8) is 0 Å². The fourth-order valence-corrected chi connectivity index (χ4v) is 1.64. The molecule has 0 unspecified atom stereocenters. The molecule has 3 rings (SSSR count). The lowest BCUT2D eigenvalue weighted by Gasteiger charge is -1.97. The van der Waals surface area contributed by atoms with E-state index in [0.717, 1.165) is 6.20 Å². The number of benzene rings is 1. The van der Waals surface area contributed by atoms with E-state index in [2.05, 4.69) is 15.1 Å². The molecule has 0 fully saturated rings. The van der Waals surface area contributed by atoms with Crippen molar-refractivity contribution < 1.29 is 8.91 Å². The topological polar surface area (TPSA) is 77.8 Å². The van der Waals surface area contributed by atoms with Gasteiger partial charge in [-0.2, -0.15) is 4.98 Å². The number of nitrogens with zero attached hydrogens (tertiary/aromatic N) is 3. The van der Waals surface area contributed by atoms with Crippen molar-refractivity contribution in [2.75, 3.05) is 5.73 Å². The highest BCUT2D eigenvalue weighted by atomic mass is 19.1. The molecule has 0 atom stereocenters. The molecule has 94 valence electrons. The summed E-state index contributed by atoms with van der Waals surface area (Å²) in [5.74, 6) is 0.174. The number of aromatic nitrogens is 3. The van der Waals surface area contributed by atoms with Crippen LogP contribution in [0.15, 0.2) is 47.1 Å². The number of pyridine rings is 1. The Morgan fingerprint density at radius 1 is 1.11 bits per heavy atom. The quantitative estimate of drug-likeness (QED) is 0.713. The third-order valence-corrected chi connectivity index (χ3v) is 2.57. The lowest BCUT2D eigenvalue weighted by molar-refractivity contribution is 0.431. The average Bonchev–Trinajstić information content (AvgIpc) is 2.89. The summed E-state index contributed by atoms with van der Waals surface area (Å²) in [5, 5.41) is 3.85. The summed E-state index contributed by atoms with van der Waals surface area (Å²) in [4.78, 5) is 8.07. The summed E-state index contributed by atoms with van der Waals surface area (Å²) in [7, 11) is 0. The van der Waals surface area contributed by atoms with Crippen LogP contribution < -0.4 is 5.73 Å². The summed E-state index contributed by atoms with van der Waals surface area (Å²) < 4.78 is 17.9. The van der Waals surface area contributed by atoms with Crippen molar-refractivity contribution >= 4 is 5.69 Å². The second-order valence-corrected chi connectivity index (χ2v) is 3.87. The van der Waals surface area contributed by atoms with E-state index >= 15 is 0 Å². The smallest absolute Gasteiger partial charge is 0.276 e. The molecule has 2 heterocycles. The molecule has 0 aliphatic heterocycles. The molecule has 19 heavy (non-hydrogen) atoms. The van der Waals surface area contributed by atoms with Crippen LogP contribution in [0, 0.1) is 5.82 Å². The molecule has 2 N–H and O–H groups in total. The highest BCUT2D eigenvalue weighted by Gasteiger charge is 2.13. The zero-order chi connectivity index (χ0) is 13.2. The first-order valence-electron chi connectivity index (χ1n) is 5.54. The lowest BCUT2D eigenvalue weighted by Crippen LogP contribution is -1.90. The van der Waals surface area contributed by atoms with Crippen LogP contribution >= 0.6 is 0 Å². The van der Waals surface area contributed by atoms with Crippen molar-refractivity contribution in [1.82, 2.24) is 15.1 Å². The minimum atomic E-state index is -0.421. The number of nitrogen functional groups attached to an aromatic ring is 1. The first-order chi connectivity index (χ1) is 9.24. The van der Waals surface area contributed by atoms with E-state index in [1.807, 2.05) is 12.1 Å². The highest BCUT2D eigenvalue weighted by molar-refractivity contribution is 5.71. The monoisotopic (exact) mass is 256 g/mol. The van der Waals surface area contributed by atoms with Gasteiger partial charge >= 0.3 is 0 Å². The standard InChI is InChI=1S/C13H9FN4O/c14-8-5-6-11(16-7-8)13-17-12(18-19-13)9-3-1-2-4-10(9)15/h1-7H,15H2. The van der Waals surface area contributed by atoms with E-state index in [1.165, 1.54) is 12.1 Å². The molecular formula is C13H9FN4O.